The van der Waals surface area contributed by atoms with E-state index < -0.39 is 40.8 Å². The molecule has 34 heavy (non-hydrogen) atoms. The van der Waals surface area contributed by atoms with Crippen molar-refractivity contribution in [2.45, 2.75) is 12.6 Å². The lowest BCUT2D eigenvalue weighted by Crippen LogP contribution is -2.18. The fraction of sp³-hybridized carbons (Fsp3) is 0.0833. The Morgan fingerprint density at radius 3 is 2.21 bits per heavy atom. The third kappa shape index (κ3) is 5.91. The first-order valence-corrected chi connectivity index (χ1v) is 9.60. The number of ether oxygens (including phenoxy) is 2. The zero-order valence-corrected chi connectivity index (χ0v) is 17.4. The molecule has 0 aliphatic carbocycles. The van der Waals surface area contributed by atoms with Gasteiger partial charge in [0.15, 0.2) is 5.82 Å². The molecule has 2 aromatic carbocycles. The predicted octanol–water partition coefficient (Wildman–Crippen LogP) is 5.46. The first-order valence-electron chi connectivity index (χ1n) is 9.60. The lowest BCUT2D eigenvalue weighted by Gasteiger charge is -2.11. The van der Waals surface area contributed by atoms with Crippen LogP contribution in [0.5, 0.6) is 5.75 Å². The van der Waals surface area contributed by atoms with E-state index in [2.05, 4.69) is 27.9 Å². The summed E-state index contributed by atoms with van der Waals surface area (Å²) >= 11 is 0. The largest absolute Gasteiger partial charge is 0.449 e. The summed E-state index contributed by atoms with van der Waals surface area (Å²) in [7, 11) is 0. The van der Waals surface area contributed by atoms with Gasteiger partial charge < -0.3 is 9.47 Å². The number of hydrogen-bond acceptors (Lipinski definition) is 6. The Kier molecular flexibility index (Phi) is 7.20. The van der Waals surface area contributed by atoms with Crippen molar-refractivity contribution in [3.8, 4) is 17.1 Å². The average molecular weight is 472 g/mol. The van der Waals surface area contributed by atoms with E-state index in [-0.39, 0.29) is 5.75 Å². The van der Waals surface area contributed by atoms with Crippen LogP contribution in [0, 0.1) is 5.82 Å². The molecule has 0 aliphatic rings. The van der Waals surface area contributed by atoms with E-state index in [4.69, 9.17) is 4.74 Å². The van der Waals surface area contributed by atoms with E-state index in [9.17, 15) is 27.2 Å². The van der Waals surface area contributed by atoms with Crippen LogP contribution in [0.15, 0.2) is 79.9 Å². The van der Waals surface area contributed by atoms with Gasteiger partial charge in [-0.25, -0.2) is 23.9 Å². The van der Waals surface area contributed by atoms with Crippen molar-refractivity contribution in [3.63, 3.8) is 0 Å². The lowest BCUT2D eigenvalue weighted by molar-refractivity contribution is -0.122. The molecule has 0 fully saturated rings. The van der Waals surface area contributed by atoms with Crippen LogP contribution in [0.3, 0.4) is 0 Å². The van der Waals surface area contributed by atoms with E-state index in [0.717, 1.165) is 17.7 Å². The molecule has 0 radical (unpaired) electrons. The minimum absolute atomic E-state index is 0.0985. The molecule has 0 atom stereocenters. The zero-order valence-electron chi connectivity index (χ0n) is 17.4. The van der Waals surface area contributed by atoms with Gasteiger partial charge in [0.05, 0.1) is 11.1 Å². The number of nitrogens with zero attached hydrogens (tertiary/aromatic N) is 2. The van der Waals surface area contributed by atoms with Crippen LogP contribution in [0.4, 0.5) is 17.6 Å². The number of esters is 2. The highest BCUT2D eigenvalue weighted by molar-refractivity contribution is 5.94. The van der Waals surface area contributed by atoms with Crippen LogP contribution in [0.2, 0.25) is 0 Å². The van der Waals surface area contributed by atoms with Crippen molar-refractivity contribution in [2.75, 3.05) is 0 Å². The fourth-order valence-corrected chi connectivity index (χ4v) is 2.65. The highest BCUT2D eigenvalue weighted by Gasteiger charge is 2.36. The Hall–Kier alpha value is -4.34. The van der Waals surface area contributed by atoms with Gasteiger partial charge in [0.1, 0.15) is 11.6 Å². The Morgan fingerprint density at radius 2 is 1.65 bits per heavy atom. The predicted molar refractivity (Wildman–Crippen MR) is 113 cm³/mol. The summed E-state index contributed by atoms with van der Waals surface area (Å²) in [6, 6.07) is 8.53. The third-order valence-electron chi connectivity index (χ3n) is 4.37. The molecular weight excluding hydrogens is 456 g/mol. The van der Waals surface area contributed by atoms with Crippen molar-refractivity contribution >= 4 is 11.9 Å². The maximum Gasteiger partial charge on any atom is 0.449 e. The Bertz CT molecular complexity index is 1240. The van der Waals surface area contributed by atoms with Gasteiger partial charge in [0.25, 0.3) is 0 Å². The number of halogens is 4. The van der Waals surface area contributed by atoms with Crippen LogP contribution < -0.4 is 4.74 Å². The van der Waals surface area contributed by atoms with Gasteiger partial charge in [-0.1, -0.05) is 12.7 Å². The Balaban J connectivity index is 1.67. The van der Waals surface area contributed by atoms with E-state index in [1.165, 1.54) is 12.1 Å². The van der Waals surface area contributed by atoms with E-state index in [1.54, 1.807) is 30.6 Å². The molecular formula is C24H16F4N2O4. The number of benzene rings is 2. The number of hydrogen-bond donors (Lipinski definition) is 0. The second-order valence-electron chi connectivity index (χ2n) is 6.83. The molecule has 0 saturated heterocycles. The molecule has 3 aromatic rings. The van der Waals surface area contributed by atoms with E-state index in [1.807, 2.05) is 0 Å². The smallest absolute Gasteiger partial charge is 0.423 e. The average Bonchev–Trinajstić information content (AvgIpc) is 2.79. The Morgan fingerprint density at radius 1 is 1.00 bits per heavy atom. The summed E-state index contributed by atoms with van der Waals surface area (Å²) in [4.78, 5) is 32.5. The van der Waals surface area contributed by atoms with E-state index >= 15 is 0 Å². The minimum atomic E-state index is -4.95. The standard InChI is InChI=1S/C24H16F4N2O4/c1-3-4-15-12-29-21(30-13-15)16-5-8-18(9-6-16)34-23(32)19-10-7-17(11-20(19)25)22(31)33-14(2)24(26,27)28/h3,5-13H,1-2,4H2. The molecule has 174 valence electrons. The minimum Gasteiger partial charge on any atom is -0.423 e. The number of aromatic nitrogens is 2. The molecule has 0 unspecified atom stereocenters. The highest BCUT2D eigenvalue weighted by atomic mass is 19.4. The summed E-state index contributed by atoms with van der Waals surface area (Å²) < 4.78 is 60.8. The normalized spacial score (nSPS) is 10.9. The van der Waals surface area contributed by atoms with Crippen molar-refractivity contribution in [2.24, 2.45) is 0 Å². The second kappa shape index (κ2) is 10.1. The van der Waals surface area contributed by atoms with E-state index in [0.29, 0.717) is 23.9 Å². The number of carbonyl (C=O) groups excluding carboxylic acids is 2. The monoisotopic (exact) mass is 472 g/mol. The van der Waals surface area contributed by atoms with Gasteiger partial charge in [-0.2, -0.15) is 13.2 Å². The first kappa shape index (κ1) is 24.3. The SMILES string of the molecule is C=CCc1cnc(-c2ccc(OC(=O)c3ccc(C(=O)OC(=C)C(F)(F)F)cc3F)cc2)nc1. The molecule has 0 spiro atoms. The van der Waals surface area contributed by atoms with Gasteiger partial charge in [-0.05, 0) is 54.4 Å². The van der Waals surface area contributed by atoms with Gasteiger partial charge in [0, 0.05) is 18.0 Å². The third-order valence-corrected chi connectivity index (χ3v) is 4.37. The zero-order chi connectivity index (χ0) is 24.9. The van der Waals surface area contributed by atoms with Gasteiger partial charge in [0.2, 0.25) is 5.76 Å². The number of rotatable bonds is 7. The van der Waals surface area contributed by atoms with Crippen molar-refractivity contribution < 1.29 is 36.6 Å². The summed E-state index contributed by atoms with van der Waals surface area (Å²) in [5.41, 5.74) is 0.481. The first-order chi connectivity index (χ1) is 16.1. The molecule has 0 aliphatic heterocycles. The molecule has 1 aromatic heterocycles. The molecule has 0 bridgehead atoms. The van der Waals surface area contributed by atoms with Crippen molar-refractivity contribution in [3.05, 3.63) is 102 Å². The maximum atomic E-state index is 14.3. The van der Waals surface area contributed by atoms with Gasteiger partial charge in [-0.15, -0.1) is 6.58 Å². The lowest BCUT2D eigenvalue weighted by atomic mass is 10.1. The van der Waals surface area contributed by atoms with Crippen molar-refractivity contribution in [1.82, 2.24) is 9.97 Å². The number of carbonyl (C=O) groups is 2. The van der Waals surface area contributed by atoms with Gasteiger partial charge in [-0.3, -0.25) is 0 Å². The van der Waals surface area contributed by atoms with Crippen LogP contribution >= 0.6 is 0 Å². The Labute approximate surface area is 191 Å². The number of allylic oxidation sites excluding steroid dienone is 2. The molecule has 6 nitrogen and oxygen atoms in total. The molecule has 3 rings (SSSR count). The molecule has 0 amide bonds. The van der Waals surface area contributed by atoms with Gasteiger partial charge >= 0.3 is 18.1 Å². The molecule has 1 heterocycles. The van der Waals surface area contributed by atoms with Crippen LogP contribution in [0.25, 0.3) is 11.4 Å². The molecule has 0 N–H and O–H groups in total. The summed E-state index contributed by atoms with van der Waals surface area (Å²) in [6.45, 7) is 6.24. The topological polar surface area (TPSA) is 78.4 Å². The summed E-state index contributed by atoms with van der Waals surface area (Å²) in [5, 5.41) is 0. The highest BCUT2D eigenvalue weighted by Crippen LogP contribution is 2.26. The second-order valence-corrected chi connectivity index (χ2v) is 6.83. The maximum absolute atomic E-state index is 14.3. The summed E-state index contributed by atoms with van der Waals surface area (Å²) in [6.07, 6.45) is 0.748. The van der Waals surface area contributed by atoms with Crippen molar-refractivity contribution in [1.29, 1.82) is 0 Å². The van der Waals surface area contributed by atoms with Crippen LogP contribution in [0.1, 0.15) is 26.3 Å². The van der Waals surface area contributed by atoms with Crippen LogP contribution in [-0.4, -0.2) is 28.1 Å². The summed E-state index contributed by atoms with van der Waals surface area (Å²) in [5.74, 6) is -4.93. The molecule has 10 heteroatoms. The number of alkyl halides is 3. The molecule has 0 saturated carbocycles. The quantitative estimate of drug-likeness (QED) is 0.149. The fourth-order valence-electron chi connectivity index (χ4n) is 2.65. The van der Waals surface area contributed by atoms with Crippen LogP contribution in [-0.2, 0) is 11.2 Å².